The first-order chi connectivity index (χ1) is 8.50. The van der Waals surface area contributed by atoms with Gasteiger partial charge in [0.1, 0.15) is 10.7 Å². The maximum Gasteiger partial charge on any atom is 0.417 e. The number of aromatic nitrogens is 3. The van der Waals surface area contributed by atoms with Gasteiger partial charge in [-0.05, 0) is 18.7 Å². The van der Waals surface area contributed by atoms with Gasteiger partial charge >= 0.3 is 6.18 Å². The minimum absolute atomic E-state index is 0.378. The van der Waals surface area contributed by atoms with E-state index < -0.39 is 11.7 Å². The first-order valence-electron chi connectivity index (χ1n) is 5.07. The maximum absolute atomic E-state index is 12.3. The lowest BCUT2D eigenvalue weighted by molar-refractivity contribution is -0.137. The minimum atomic E-state index is -4.38. The van der Waals surface area contributed by atoms with E-state index in [0.717, 1.165) is 17.3 Å². The van der Waals surface area contributed by atoms with Crippen molar-refractivity contribution in [2.45, 2.75) is 12.6 Å². The molecule has 0 saturated carbocycles. The molecule has 96 valence electrons. The second-order valence-electron chi connectivity index (χ2n) is 3.47. The Morgan fingerprint density at radius 1 is 1.22 bits per heavy atom. The molecule has 2 heterocycles. The number of nitrogens with zero attached hydrogens (tertiary/aromatic N) is 3. The van der Waals surface area contributed by atoms with Gasteiger partial charge in [-0.3, -0.25) is 4.98 Å². The molecule has 2 N–H and O–H groups in total. The Balaban J connectivity index is 2.23. The van der Waals surface area contributed by atoms with Crippen LogP contribution in [0.3, 0.4) is 0 Å². The highest BCUT2D eigenvalue weighted by Gasteiger charge is 2.30. The summed E-state index contributed by atoms with van der Waals surface area (Å²) in [6.07, 6.45) is -2.99. The van der Waals surface area contributed by atoms with Crippen molar-refractivity contribution in [3.63, 3.8) is 0 Å². The summed E-state index contributed by atoms with van der Waals surface area (Å²) < 4.78 is 37.0. The Hall–Kier alpha value is -1.54. The summed E-state index contributed by atoms with van der Waals surface area (Å²) in [7, 11) is 0. The average Bonchev–Trinajstić information content (AvgIpc) is 2.77. The SMILES string of the molecule is NCCc1nnc(-c2ccc(C(F)(F)F)cn2)s1. The van der Waals surface area contributed by atoms with E-state index in [1.807, 2.05) is 0 Å². The van der Waals surface area contributed by atoms with Crippen LogP contribution in [0.15, 0.2) is 18.3 Å². The molecule has 2 aromatic heterocycles. The van der Waals surface area contributed by atoms with Gasteiger partial charge < -0.3 is 5.73 Å². The van der Waals surface area contributed by atoms with E-state index in [0.29, 0.717) is 23.7 Å². The molecule has 18 heavy (non-hydrogen) atoms. The number of hydrogen-bond donors (Lipinski definition) is 1. The van der Waals surface area contributed by atoms with Crippen LogP contribution in [0.1, 0.15) is 10.6 Å². The minimum Gasteiger partial charge on any atom is -0.330 e. The van der Waals surface area contributed by atoms with Gasteiger partial charge in [0.15, 0.2) is 5.01 Å². The van der Waals surface area contributed by atoms with Gasteiger partial charge in [0.25, 0.3) is 0 Å². The largest absolute Gasteiger partial charge is 0.417 e. The maximum atomic E-state index is 12.3. The van der Waals surface area contributed by atoms with Crippen LogP contribution in [0.4, 0.5) is 13.2 Å². The summed E-state index contributed by atoms with van der Waals surface area (Å²) in [5.41, 5.74) is 4.97. The summed E-state index contributed by atoms with van der Waals surface area (Å²) in [4.78, 5) is 3.75. The molecule has 0 bridgehead atoms. The normalized spacial score (nSPS) is 11.8. The predicted octanol–water partition coefficient (Wildman–Crippen LogP) is 2.12. The quantitative estimate of drug-likeness (QED) is 0.931. The standard InChI is InChI=1S/C10H9F3N4S/c11-10(12,13)6-1-2-7(15-5-6)9-17-16-8(18-9)3-4-14/h1-2,5H,3-4,14H2. The number of nitrogens with two attached hydrogens (primary N) is 1. The molecule has 4 nitrogen and oxygen atoms in total. The second-order valence-corrected chi connectivity index (χ2v) is 4.53. The fraction of sp³-hybridized carbons (Fsp3) is 0.300. The summed E-state index contributed by atoms with van der Waals surface area (Å²) in [6.45, 7) is 0.453. The molecule has 2 rings (SSSR count). The second kappa shape index (κ2) is 4.99. The van der Waals surface area contributed by atoms with Crippen LogP contribution in [0.2, 0.25) is 0 Å². The van der Waals surface area contributed by atoms with Gasteiger partial charge in [-0.2, -0.15) is 13.2 Å². The van der Waals surface area contributed by atoms with Crippen molar-refractivity contribution in [3.05, 3.63) is 28.9 Å². The third-order valence-corrected chi connectivity index (χ3v) is 3.14. The van der Waals surface area contributed by atoms with Crippen LogP contribution >= 0.6 is 11.3 Å². The number of halogens is 3. The lowest BCUT2D eigenvalue weighted by Crippen LogP contribution is -2.05. The molecule has 0 atom stereocenters. The fourth-order valence-corrected chi connectivity index (χ4v) is 2.10. The molecule has 0 aliphatic carbocycles. The molecule has 0 aromatic carbocycles. The molecule has 0 radical (unpaired) electrons. The zero-order valence-electron chi connectivity index (χ0n) is 9.11. The molecular formula is C10H9F3N4S. The van der Waals surface area contributed by atoms with Crippen molar-refractivity contribution < 1.29 is 13.2 Å². The van der Waals surface area contributed by atoms with Crippen molar-refractivity contribution in [1.29, 1.82) is 0 Å². The van der Waals surface area contributed by atoms with E-state index in [4.69, 9.17) is 5.73 Å². The molecule has 2 aromatic rings. The smallest absolute Gasteiger partial charge is 0.330 e. The predicted molar refractivity (Wildman–Crippen MR) is 60.9 cm³/mol. The van der Waals surface area contributed by atoms with E-state index in [9.17, 15) is 13.2 Å². The molecule has 0 saturated heterocycles. The monoisotopic (exact) mass is 274 g/mol. The summed E-state index contributed by atoms with van der Waals surface area (Å²) in [5.74, 6) is 0. The molecule has 0 spiro atoms. The van der Waals surface area contributed by atoms with E-state index in [1.54, 1.807) is 0 Å². The Morgan fingerprint density at radius 3 is 2.56 bits per heavy atom. The zero-order chi connectivity index (χ0) is 13.2. The lowest BCUT2D eigenvalue weighted by atomic mass is 10.2. The summed E-state index contributed by atoms with van der Waals surface area (Å²) in [5, 5.41) is 8.98. The summed E-state index contributed by atoms with van der Waals surface area (Å²) >= 11 is 1.28. The Bertz CT molecular complexity index is 521. The summed E-state index contributed by atoms with van der Waals surface area (Å²) in [6, 6.07) is 2.27. The molecule has 0 aliphatic rings. The van der Waals surface area contributed by atoms with Crippen molar-refractivity contribution >= 4 is 11.3 Å². The Kier molecular flexibility index (Phi) is 3.58. The van der Waals surface area contributed by atoms with Crippen molar-refractivity contribution in [3.8, 4) is 10.7 Å². The van der Waals surface area contributed by atoms with Crippen molar-refractivity contribution in [2.75, 3.05) is 6.54 Å². The third kappa shape index (κ3) is 2.82. The van der Waals surface area contributed by atoms with Gasteiger partial charge in [-0.15, -0.1) is 10.2 Å². The van der Waals surface area contributed by atoms with Crippen LogP contribution in [-0.2, 0) is 12.6 Å². The number of pyridine rings is 1. The highest BCUT2D eigenvalue weighted by atomic mass is 32.1. The van der Waals surface area contributed by atoms with Gasteiger partial charge in [-0.1, -0.05) is 11.3 Å². The van der Waals surface area contributed by atoms with E-state index in [2.05, 4.69) is 15.2 Å². The van der Waals surface area contributed by atoms with Gasteiger partial charge in [0, 0.05) is 12.6 Å². The van der Waals surface area contributed by atoms with Crippen molar-refractivity contribution in [2.24, 2.45) is 5.73 Å². The van der Waals surface area contributed by atoms with Crippen LogP contribution in [0.5, 0.6) is 0 Å². The number of hydrogen-bond acceptors (Lipinski definition) is 5. The number of alkyl halides is 3. The van der Waals surface area contributed by atoms with Gasteiger partial charge in [0.2, 0.25) is 0 Å². The first kappa shape index (κ1) is 12.9. The van der Waals surface area contributed by atoms with Crippen LogP contribution in [0, 0.1) is 0 Å². The van der Waals surface area contributed by atoms with Gasteiger partial charge in [0.05, 0.1) is 5.56 Å². The average molecular weight is 274 g/mol. The molecule has 0 fully saturated rings. The van der Waals surface area contributed by atoms with E-state index >= 15 is 0 Å². The lowest BCUT2D eigenvalue weighted by Gasteiger charge is -2.05. The van der Waals surface area contributed by atoms with Gasteiger partial charge in [-0.25, -0.2) is 0 Å². The Labute approximate surface area is 105 Å². The topological polar surface area (TPSA) is 64.7 Å². The Morgan fingerprint density at radius 2 is 2.00 bits per heavy atom. The first-order valence-corrected chi connectivity index (χ1v) is 5.88. The molecular weight excluding hydrogens is 265 g/mol. The zero-order valence-corrected chi connectivity index (χ0v) is 9.92. The molecule has 0 unspecified atom stereocenters. The third-order valence-electron chi connectivity index (χ3n) is 2.13. The molecule has 8 heteroatoms. The fourth-order valence-electron chi connectivity index (χ4n) is 1.27. The highest BCUT2D eigenvalue weighted by molar-refractivity contribution is 7.14. The van der Waals surface area contributed by atoms with E-state index in [1.165, 1.54) is 17.4 Å². The van der Waals surface area contributed by atoms with Crippen LogP contribution in [-0.4, -0.2) is 21.7 Å². The van der Waals surface area contributed by atoms with Crippen molar-refractivity contribution in [1.82, 2.24) is 15.2 Å². The van der Waals surface area contributed by atoms with Crippen LogP contribution in [0.25, 0.3) is 10.7 Å². The number of rotatable bonds is 3. The highest BCUT2D eigenvalue weighted by Crippen LogP contribution is 2.30. The molecule has 0 amide bonds. The van der Waals surface area contributed by atoms with Crippen LogP contribution < -0.4 is 5.73 Å². The molecule has 0 aliphatic heterocycles. The van der Waals surface area contributed by atoms with E-state index in [-0.39, 0.29) is 0 Å².